The van der Waals surface area contributed by atoms with E-state index in [0.717, 1.165) is 24.8 Å². The number of carbonyl (C=O) groups is 1. The van der Waals surface area contributed by atoms with Gasteiger partial charge in [-0.2, -0.15) is 0 Å². The second kappa shape index (κ2) is 7.21. The number of esters is 1. The normalized spacial score (nSPS) is 24.6. The van der Waals surface area contributed by atoms with Crippen molar-refractivity contribution in [1.29, 1.82) is 0 Å². The molecule has 1 aliphatic rings. The van der Waals surface area contributed by atoms with Gasteiger partial charge in [-0.15, -0.1) is 0 Å². The average Bonchev–Trinajstić information content (AvgIpc) is 2.55. The number of hydrogen-bond donors (Lipinski definition) is 2. The fourth-order valence-corrected chi connectivity index (χ4v) is 5.09. The Labute approximate surface area is 143 Å². The summed E-state index contributed by atoms with van der Waals surface area (Å²) in [7, 11) is -2.66. The second-order valence-electron chi connectivity index (χ2n) is 6.60. The van der Waals surface area contributed by atoms with E-state index in [0.29, 0.717) is 6.42 Å². The molecular weight excluding hydrogens is 328 g/mol. The minimum atomic E-state index is -3.90. The molecule has 0 aromatic heterocycles. The van der Waals surface area contributed by atoms with Crippen molar-refractivity contribution < 1.29 is 17.9 Å². The smallest absolute Gasteiger partial charge is 0.339 e. The van der Waals surface area contributed by atoms with Crippen LogP contribution in [-0.4, -0.2) is 33.6 Å². The topological polar surface area (TPSA) is 98.5 Å². The summed E-state index contributed by atoms with van der Waals surface area (Å²) < 4.78 is 33.5. The van der Waals surface area contributed by atoms with Crippen LogP contribution >= 0.6 is 0 Å². The molecule has 0 radical (unpaired) electrons. The molecule has 0 spiro atoms. The van der Waals surface area contributed by atoms with Crippen molar-refractivity contribution in [3.8, 4) is 0 Å². The molecule has 1 fully saturated rings. The number of methoxy groups -OCH3 is 1. The zero-order valence-corrected chi connectivity index (χ0v) is 15.3. The number of carbonyl (C=O) groups excluding carboxylic acids is 1. The van der Waals surface area contributed by atoms with Crippen LogP contribution in [0.25, 0.3) is 0 Å². The summed E-state index contributed by atoms with van der Waals surface area (Å²) in [6.45, 7) is 4.04. The van der Waals surface area contributed by atoms with E-state index in [2.05, 4.69) is 4.72 Å². The molecule has 0 saturated heterocycles. The maximum Gasteiger partial charge on any atom is 0.339 e. The van der Waals surface area contributed by atoms with Gasteiger partial charge in [-0.05, 0) is 37.8 Å². The fraction of sp³-hybridized carbons (Fsp3) is 0.588. The van der Waals surface area contributed by atoms with Crippen LogP contribution in [0.5, 0.6) is 0 Å². The molecule has 2 atom stereocenters. The van der Waals surface area contributed by atoms with E-state index in [1.54, 1.807) is 13.0 Å². The molecule has 1 aliphatic carbocycles. The van der Waals surface area contributed by atoms with Crippen molar-refractivity contribution in [2.24, 2.45) is 11.7 Å². The molecular formula is C17H26N2O4S. The first-order chi connectivity index (χ1) is 11.3. The molecule has 1 aromatic carbocycles. The third-order valence-corrected chi connectivity index (χ3v) is 6.60. The summed E-state index contributed by atoms with van der Waals surface area (Å²) in [4.78, 5) is 11.9. The highest BCUT2D eigenvalue weighted by Crippen LogP contribution is 2.34. The van der Waals surface area contributed by atoms with Crippen LogP contribution in [0.2, 0.25) is 0 Å². The first-order valence-electron chi connectivity index (χ1n) is 8.19. The Morgan fingerprint density at radius 3 is 2.71 bits per heavy atom. The number of nitrogens with two attached hydrogens (primary N) is 1. The lowest BCUT2D eigenvalue weighted by Gasteiger charge is -2.42. The fourth-order valence-electron chi connectivity index (χ4n) is 3.38. The van der Waals surface area contributed by atoms with Crippen molar-refractivity contribution in [3.05, 3.63) is 29.3 Å². The number of sulfonamides is 1. The van der Waals surface area contributed by atoms with Gasteiger partial charge in [-0.1, -0.05) is 31.4 Å². The summed E-state index contributed by atoms with van der Waals surface area (Å²) in [6.07, 6.45) is 3.63. The maximum absolute atomic E-state index is 13.0. The highest BCUT2D eigenvalue weighted by molar-refractivity contribution is 7.89. The van der Waals surface area contributed by atoms with Crippen molar-refractivity contribution in [2.45, 2.75) is 50.0 Å². The number of rotatable bonds is 5. The Balaban J connectivity index is 2.45. The second-order valence-corrected chi connectivity index (χ2v) is 8.25. The van der Waals surface area contributed by atoms with E-state index in [1.165, 1.54) is 19.2 Å². The molecule has 2 unspecified atom stereocenters. The van der Waals surface area contributed by atoms with Gasteiger partial charge in [0.05, 0.1) is 17.6 Å². The Bertz CT molecular complexity index is 717. The minimum absolute atomic E-state index is 0.0423. The number of ether oxygens (including phenoxy) is 1. The van der Waals surface area contributed by atoms with Gasteiger partial charge in [0.15, 0.2) is 0 Å². The van der Waals surface area contributed by atoms with Crippen LogP contribution in [0.3, 0.4) is 0 Å². The summed E-state index contributed by atoms with van der Waals surface area (Å²) in [5.41, 5.74) is 6.10. The van der Waals surface area contributed by atoms with Crippen LogP contribution < -0.4 is 10.5 Å². The average molecular weight is 354 g/mol. The van der Waals surface area contributed by atoms with Gasteiger partial charge in [0.2, 0.25) is 10.0 Å². The molecule has 0 heterocycles. The zero-order valence-electron chi connectivity index (χ0n) is 14.5. The number of aryl methyl sites for hydroxylation is 1. The number of hydrogen-bond acceptors (Lipinski definition) is 5. The molecule has 0 amide bonds. The summed E-state index contributed by atoms with van der Waals surface area (Å²) in [5, 5.41) is 0. The lowest BCUT2D eigenvalue weighted by molar-refractivity contribution is 0.0596. The van der Waals surface area contributed by atoms with Crippen LogP contribution in [-0.2, 0) is 14.8 Å². The molecule has 1 aromatic rings. The van der Waals surface area contributed by atoms with Crippen molar-refractivity contribution in [3.63, 3.8) is 0 Å². The standard InChI is InChI=1S/C17H26N2O4S/c1-12-7-8-15(14(10-12)16(20)23-3)24(21,22)19-17(11-18)9-5-4-6-13(17)2/h7-8,10,13,19H,4-6,9,11,18H2,1-3H3. The monoisotopic (exact) mass is 354 g/mol. The number of benzene rings is 1. The summed E-state index contributed by atoms with van der Waals surface area (Å²) in [5.74, 6) is -0.532. The Morgan fingerprint density at radius 1 is 1.42 bits per heavy atom. The van der Waals surface area contributed by atoms with E-state index in [9.17, 15) is 13.2 Å². The molecule has 6 nitrogen and oxygen atoms in total. The van der Waals surface area contributed by atoms with Gasteiger partial charge in [-0.3, -0.25) is 0 Å². The molecule has 7 heteroatoms. The van der Waals surface area contributed by atoms with E-state index in [4.69, 9.17) is 10.5 Å². The molecule has 24 heavy (non-hydrogen) atoms. The summed E-state index contributed by atoms with van der Waals surface area (Å²) in [6, 6.07) is 4.64. The lowest BCUT2D eigenvalue weighted by atomic mass is 9.74. The molecule has 134 valence electrons. The van der Waals surface area contributed by atoms with Gasteiger partial charge in [0.1, 0.15) is 0 Å². The van der Waals surface area contributed by atoms with Crippen molar-refractivity contribution >= 4 is 16.0 Å². The van der Waals surface area contributed by atoms with Crippen LogP contribution in [0.15, 0.2) is 23.1 Å². The zero-order chi connectivity index (χ0) is 18.0. The van der Waals surface area contributed by atoms with Crippen molar-refractivity contribution in [2.75, 3.05) is 13.7 Å². The molecule has 2 rings (SSSR count). The predicted octanol–water partition coefficient (Wildman–Crippen LogP) is 1.97. The largest absolute Gasteiger partial charge is 0.465 e. The van der Waals surface area contributed by atoms with Crippen molar-refractivity contribution in [1.82, 2.24) is 4.72 Å². The van der Waals surface area contributed by atoms with E-state index >= 15 is 0 Å². The SMILES string of the molecule is COC(=O)c1cc(C)ccc1S(=O)(=O)NC1(CN)CCCCC1C. The first-order valence-corrected chi connectivity index (χ1v) is 9.67. The first kappa shape index (κ1) is 18.9. The Kier molecular flexibility index (Phi) is 5.67. The molecule has 0 aliphatic heterocycles. The van der Waals surface area contributed by atoms with Crippen LogP contribution in [0.4, 0.5) is 0 Å². The van der Waals surface area contributed by atoms with E-state index < -0.39 is 21.5 Å². The third kappa shape index (κ3) is 3.63. The Morgan fingerprint density at radius 2 is 2.12 bits per heavy atom. The minimum Gasteiger partial charge on any atom is -0.465 e. The van der Waals surface area contributed by atoms with Crippen LogP contribution in [0, 0.1) is 12.8 Å². The Hall–Kier alpha value is -1.44. The number of nitrogens with one attached hydrogen (secondary N) is 1. The maximum atomic E-state index is 13.0. The summed E-state index contributed by atoms with van der Waals surface area (Å²) >= 11 is 0. The van der Waals surface area contributed by atoms with E-state index in [-0.39, 0.29) is 22.9 Å². The molecule has 1 saturated carbocycles. The van der Waals surface area contributed by atoms with E-state index in [1.807, 2.05) is 6.92 Å². The molecule has 0 bridgehead atoms. The lowest BCUT2D eigenvalue weighted by Crippen LogP contribution is -2.59. The predicted molar refractivity (Wildman–Crippen MR) is 92.3 cm³/mol. The van der Waals surface area contributed by atoms with Gasteiger partial charge >= 0.3 is 5.97 Å². The van der Waals surface area contributed by atoms with Crippen LogP contribution in [0.1, 0.15) is 48.5 Å². The van der Waals surface area contributed by atoms with Gasteiger partial charge in [-0.25, -0.2) is 17.9 Å². The highest BCUT2D eigenvalue weighted by atomic mass is 32.2. The highest BCUT2D eigenvalue weighted by Gasteiger charge is 2.41. The van der Waals surface area contributed by atoms with Gasteiger partial charge < -0.3 is 10.5 Å². The van der Waals surface area contributed by atoms with Gasteiger partial charge in [0.25, 0.3) is 0 Å². The molecule has 3 N–H and O–H groups in total. The third-order valence-electron chi connectivity index (χ3n) is 4.99. The van der Waals surface area contributed by atoms with Gasteiger partial charge in [0, 0.05) is 12.1 Å². The quantitative estimate of drug-likeness (QED) is 0.788.